The van der Waals surface area contributed by atoms with Crippen molar-refractivity contribution in [2.75, 3.05) is 36.2 Å². The van der Waals surface area contributed by atoms with Crippen LogP contribution in [0.5, 0.6) is 5.75 Å². The summed E-state index contributed by atoms with van der Waals surface area (Å²) in [5.74, 6) is 0.298. The second-order valence-corrected chi connectivity index (χ2v) is 13.7. The highest BCUT2D eigenvalue weighted by molar-refractivity contribution is 14.2. The largest absolute Gasteiger partial charge is 0.486 e. The molecule has 3 N–H and O–H groups in total. The third kappa shape index (κ3) is 5.89. The first-order valence-corrected chi connectivity index (χ1v) is 17.5. The summed E-state index contributed by atoms with van der Waals surface area (Å²) >= 11 is 14.8. The van der Waals surface area contributed by atoms with Crippen LogP contribution in [0, 0.1) is 11.2 Å². The first kappa shape index (κ1) is 29.7. The SMILES string of the molecule is C[C@@H](Oc1ccc(NPI)c(C(=N)c2cnc(N3CC(C)(N4CC(C)(O)C4)C3)c(F)c2)c1)c1c(Cl)cncc1Cl. The molecule has 0 radical (unpaired) electrons. The van der Waals surface area contributed by atoms with E-state index in [4.69, 9.17) is 33.3 Å². The normalized spacial score (nSPS) is 18.8. The van der Waals surface area contributed by atoms with Gasteiger partial charge in [0.25, 0.3) is 0 Å². The number of benzene rings is 1. The van der Waals surface area contributed by atoms with Crippen molar-refractivity contribution < 1.29 is 14.2 Å². The van der Waals surface area contributed by atoms with Gasteiger partial charge in [-0.2, -0.15) is 0 Å². The van der Waals surface area contributed by atoms with E-state index in [9.17, 15) is 5.11 Å². The molecule has 212 valence electrons. The number of β-amino-alcohol motifs (C(OH)–C–C–N with tert-alkyl or cyclic N) is 1. The fourth-order valence-corrected chi connectivity index (χ4v) is 7.14. The molecule has 2 aliphatic rings. The van der Waals surface area contributed by atoms with Gasteiger partial charge in [-0.25, -0.2) is 9.37 Å². The first-order valence-electron chi connectivity index (χ1n) is 12.6. The second kappa shape index (κ2) is 11.5. The number of ether oxygens (including phenoxy) is 1. The minimum atomic E-state index is -0.653. The van der Waals surface area contributed by atoms with Crippen LogP contribution in [0.2, 0.25) is 10.0 Å². The molecule has 0 saturated carbocycles. The smallest absolute Gasteiger partial charge is 0.166 e. The lowest BCUT2D eigenvalue weighted by molar-refractivity contribution is -0.134. The Kier molecular flexibility index (Phi) is 8.50. The predicted octanol–water partition coefficient (Wildman–Crippen LogP) is 6.48. The topological polar surface area (TPSA) is 97.6 Å². The van der Waals surface area contributed by atoms with Crippen molar-refractivity contribution >= 4 is 68.8 Å². The monoisotopic (exact) mass is 716 g/mol. The molecule has 0 aliphatic carbocycles. The number of likely N-dealkylation sites (tertiary alicyclic amines) is 1. The maximum absolute atomic E-state index is 15.3. The molecule has 8 nitrogen and oxygen atoms in total. The van der Waals surface area contributed by atoms with Gasteiger partial charge < -0.3 is 19.8 Å². The summed E-state index contributed by atoms with van der Waals surface area (Å²) in [7, 11) is 0. The van der Waals surface area contributed by atoms with E-state index in [-0.39, 0.29) is 17.1 Å². The van der Waals surface area contributed by atoms with Gasteiger partial charge in [-0.3, -0.25) is 15.3 Å². The van der Waals surface area contributed by atoms with E-state index in [1.165, 1.54) is 24.7 Å². The molecule has 1 unspecified atom stereocenters. The van der Waals surface area contributed by atoms with E-state index in [1.807, 2.05) is 24.8 Å². The zero-order chi connectivity index (χ0) is 28.8. The van der Waals surface area contributed by atoms with Crippen LogP contribution in [0.25, 0.3) is 0 Å². The third-order valence-electron chi connectivity index (χ3n) is 7.35. The fraction of sp³-hybridized carbons (Fsp3) is 0.370. The summed E-state index contributed by atoms with van der Waals surface area (Å²) in [6, 6.07) is 6.74. The van der Waals surface area contributed by atoms with Gasteiger partial charge in [-0.1, -0.05) is 23.2 Å². The van der Waals surface area contributed by atoms with Gasteiger partial charge in [0.2, 0.25) is 0 Å². The number of rotatable bonds is 9. The number of aromatic nitrogens is 2. The Labute approximate surface area is 257 Å². The summed E-state index contributed by atoms with van der Waals surface area (Å²) in [6.07, 6.45) is 4.46. The van der Waals surface area contributed by atoms with Gasteiger partial charge in [0.05, 0.1) is 26.9 Å². The Morgan fingerprint density at radius 3 is 2.45 bits per heavy atom. The van der Waals surface area contributed by atoms with Crippen molar-refractivity contribution in [3.8, 4) is 5.75 Å². The lowest BCUT2D eigenvalue weighted by Crippen LogP contribution is -2.77. The lowest BCUT2D eigenvalue weighted by atomic mass is 9.82. The zero-order valence-corrected chi connectivity index (χ0v) is 26.8. The van der Waals surface area contributed by atoms with Crippen molar-refractivity contribution in [3.05, 3.63) is 75.4 Å². The van der Waals surface area contributed by atoms with Gasteiger partial charge in [0, 0.05) is 73.5 Å². The highest BCUT2D eigenvalue weighted by Crippen LogP contribution is 2.39. The Morgan fingerprint density at radius 2 is 1.85 bits per heavy atom. The van der Waals surface area contributed by atoms with Crippen LogP contribution in [0.4, 0.5) is 15.9 Å². The Morgan fingerprint density at radius 1 is 1.18 bits per heavy atom. The highest BCUT2D eigenvalue weighted by atomic mass is 127. The van der Waals surface area contributed by atoms with Gasteiger partial charge >= 0.3 is 0 Å². The number of halogens is 4. The maximum atomic E-state index is 15.3. The van der Waals surface area contributed by atoms with Crippen LogP contribution in [-0.4, -0.2) is 63.0 Å². The van der Waals surface area contributed by atoms with E-state index in [1.54, 1.807) is 12.1 Å². The van der Waals surface area contributed by atoms with E-state index in [0.29, 0.717) is 65.0 Å². The van der Waals surface area contributed by atoms with Gasteiger partial charge in [0.15, 0.2) is 11.6 Å². The van der Waals surface area contributed by atoms with Crippen molar-refractivity contribution in [1.29, 1.82) is 5.41 Å². The molecule has 2 aliphatic heterocycles. The minimum Gasteiger partial charge on any atom is -0.486 e. The minimum absolute atomic E-state index is 0.115. The van der Waals surface area contributed by atoms with Crippen LogP contribution >= 0.6 is 51.6 Å². The molecule has 4 heterocycles. The van der Waals surface area contributed by atoms with Crippen molar-refractivity contribution in [3.63, 3.8) is 0 Å². The van der Waals surface area contributed by atoms with Crippen molar-refractivity contribution in [1.82, 2.24) is 14.9 Å². The Bertz CT molecular complexity index is 1430. The summed E-state index contributed by atoms with van der Waals surface area (Å²) in [6.45, 7) is 8.25. The molecular formula is C27H29Cl2FIN6O2P. The molecule has 40 heavy (non-hydrogen) atoms. The van der Waals surface area contributed by atoms with Crippen LogP contribution in [0.1, 0.15) is 43.6 Å². The molecule has 2 atom stereocenters. The van der Waals surface area contributed by atoms with Crippen molar-refractivity contribution in [2.24, 2.45) is 0 Å². The van der Waals surface area contributed by atoms with Crippen LogP contribution in [-0.2, 0) is 0 Å². The van der Waals surface area contributed by atoms with Gasteiger partial charge in [-0.05, 0) is 67.1 Å². The summed E-state index contributed by atoms with van der Waals surface area (Å²) in [5.41, 5.74) is 1.60. The zero-order valence-electron chi connectivity index (χ0n) is 22.1. The molecule has 0 bridgehead atoms. The van der Waals surface area contributed by atoms with Crippen LogP contribution in [0.3, 0.4) is 0 Å². The molecule has 2 fully saturated rings. The van der Waals surface area contributed by atoms with E-state index >= 15 is 4.39 Å². The quantitative estimate of drug-likeness (QED) is 0.133. The number of anilines is 2. The van der Waals surface area contributed by atoms with E-state index < -0.39 is 17.5 Å². The Hall–Kier alpha value is -1.82. The summed E-state index contributed by atoms with van der Waals surface area (Å²) in [4.78, 5) is 12.5. The number of hydrogen-bond acceptors (Lipinski definition) is 8. The van der Waals surface area contributed by atoms with Crippen molar-refractivity contribution in [2.45, 2.75) is 38.0 Å². The number of hydrogen-bond donors (Lipinski definition) is 3. The molecular weight excluding hydrogens is 688 g/mol. The number of aliphatic hydroxyl groups is 1. The second-order valence-electron chi connectivity index (χ2n) is 10.8. The van der Waals surface area contributed by atoms with E-state index in [2.05, 4.69) is 48.9 Å². The van der Waals surface area contributed by atoms with Crippen LogP contribution < -0.4 is 14.7 Å². The molecule has 2 saturated heterocycles. The average molecular weight is 717 g/mol. The predicted molar refractivity (Wildman–Crippen MR) is 169 cm³/mol. The molecule has 13 heteroatoms. The summed E-state index contributed by atoms with van der Waals surface area (Å²) in [5, 5.41) is 23.1. The summed E-state index contributed by atoms with van der Waals surface area (Å²) < 4.78 is 21.5. The average Bonchev–Trinajstić information content (AvgIpc) is 2.86. The lowest BCUT2D eigenvalue weighted by Gasteiger charge is -2.61. The van der Waals surface area contributed by atoms with Crippen LogP contribution in [0.15, 0.2) is 42.9 Å². The number of nitrogens with one attached hydrogen (secondary N) is 2. The third-order valence-corrected chi connectivity index (χ3v) is 9.13. The maximum Gasteiger partial charge on any atom is 0.166 e. The number of nitrogens with zero attached hydrogens (tertiary/aromatic N) is 4. The standard InChI is InChI=1S/C27H29Cl2FIN6O2P/c1-15(23-19(28)9-33-10-20(23)29)39-17-4-5-22(35-40-31)18(7-17)24(32)16-6-21(30)25(34-8-16)36-11-26(2,12-36)37-13-27(3,38)14-37/h4-10,15,32,35,38,40H,11-14H2,1-3H3/t15-/m1/s1. The Balaban J connectivity index is 1.34. The van der Waals surface area contributed by atoms with E-state index in [0.717, 1.165) is 5.69 Å². The molecule has 2 aromatic heterocycles. The number of pyridine rings is 2. The fourth-order valence-electron chi connectivity index (χ4n) is 5.28. The first-order chi connectivity index (χ1) is 18.9. The molecule has 3 aromatic rings. The molecule has 0 spiro atoms. The highest BCUT2D eigenvalue weighted by Gasteiger charge is 2.52. The molecule has 1 aromatic carbocycles. The van der Waals surface area contributed by atoms with Gasteiger partial charge in [-0.15, -0.1) is 0 Å². The molecule has 0 amide bonds. The van der Waals surface area contributed by atoms with Gasteiger partial charge in [0.1, 0.15) is 11.9 Å². The molecule has 5 rings (SSSR count).